The summed E-state index contributed by atoms with van der Waals surface area (Å²) in [7, 11) is 0. The van der Waals surface area contributed by atoms with Gasteiger partial charge in [0.2, 0.25) is 0 Å². The minimum atomic E-state index is -0.00153. The van der Waals surface area contributed by atoms with Crippen molar-refractivity contribution in [3.8, 4) is 0 Å². The summed E-state index contributed by atoms with van der Waals surface area (Å²) in [6.45, 7) is 5.75. The molecule has 4 N–H and O–H groups in total. The molecule has 0 heterocycles. The molecule has 0 bridgehead atoms. The maximum atomic E-state index is 11.6. The van der Waals surface area contributed by atoms with Crippen LogP contribution in [0.5, 0.6) is 0 Å². The first-order chi connectivity index (χ1) is 8.10. The number of nitrogens with one attached hydrogen (secondary N) is 2. The van der Waals surface area contributed by atoms with Crippen molar-refractivity contribution in [2.45, 2.75) is 39.2 Å². The van der Waals surface area contributed by atoms with E-state index in [1.54, 1.807) is 0 Å². The van der Waals surface area contributed by atoms with Gasteiger partial charge in [0.1, 0.15) is 0 Å². The minimum absolute atomic E-state index is 0.00153. The molecule has 4 atom stereocenters. The molecule has 0 saturated heterocycles. The average Bonchev–Trinajstić information content (AvgIpc) is 2.60. The summed E-state index contributed by atoms with van der Waals surface area (Å²) in [4.78, 5) is 11.6. The van der Waals surface area contributed by atoms with Crippen LogP contribution in [-0.2, 0) is 0 Å². The van der Waals surface area contributed by atoms with E-state index in [9.17, 15) is 4.79 Å². The van der Waals surface area contributed by atoms with E-state index in [1.807, 2.05) is 0 Å². The van der Waals surface area contributed by atoms with Crippen LogP contribution in [0.25, 0.3) is 0 Å². The standard InChI is InChI=1S/C13H25N3O/c1-8(2)7-15-13(17)16-12-5-10-3-9(6-14)4-11(10)12/h8-12H,3-7,14H2,1-2H3,(H2,15,16,17). The molecule has 0 aliphatic heterocycles. The molecule has 0 radical (unpaired) electrons. The van der Waals surface area contributed by atoms with Gasteiger partial charge in [0.25, 0.3) is 0 Å². The Morgan fingerprint density at radius 3 is 2.76 bits per heavy atom. The Bertz CT molecular complexity index is 280. The van der Waals surface area contributed by atoms with Crippen molar-refractivity contribution in [2.75, 3.05) is 13.1 Å². The van der Waals surface area contributed by atoms with Gasteiger partial charge in [-0.25, -0.2) is 4.79 Å². The number of rotatable bonds is 4. The molecule has 0 aromatic heterocycles. The monoisotopic (exact) mass is 239 g/mol. The molecule has 2 aliphatic rings. The van der Waals surface area contributed by atoms with Crippen LogP contribution in [0.1, 0.15) is 33.1 Å². The summed E-state index contributed by atoms with van der Waals surface area (Å²) in [6.07, 6.45) is 3.62. The van der Waals surface area contributed by atoms with Crippen LogP contribution >= 0.6 is 0 Å². The molecule has 4 unspecified atom stereocenters. The topological polar surface area (TPSA) is 67.2 Å². The molecule has 2 fully saturated rings. The van der Waals surface area contributed by atoms with E-state index in [2.05, 4.69) is 24.5 Å². The van der Waals surface area contributed by atoms with Crippen molar-refractivity contribution < 1.29 is 4.79 Å². The summed E-state index contributed by atoms with van der Waals surface area (Å²) in [5.74, 6) is 2.70. The van der Waals surface area contributed by atoms with E-state index in [1.165, 1.54) is 12.8 Å². The normalized spacial score (nSPS) is 35.3. The number of amides is 2. The Balaban J connectivity index is 1.70. The van der Waals surface area contributed by atoms with E-state index in [-0.39, 0.29) is 6.03 Å². The van der Waals surface area contributed by atoms with E-state index < -0.39 is 0 Å². The van der Waals surface area contributed by atoms with Gasteiger partial charge in [-0.2, -0.15) is 0 Å². The minimum Gasteiger partial charge on any atom is -0.338 e. The van der Waals surface area contributed by atoms with Gasteiger partial charge >= 0.3 is 6.03 Å². The second-order valence-electron chi connectivity index (χ2n) is 6.09. The molecule has 0 aromatic carbocycles. The lowest BCUT2D eigenvalue weighted by Crippen LogP contribution is -2.53. The van der Waals surface area contributed by atoms with Crippen molar-refractivity contribution in [2.24, 2.45) is 29.4 Å². The third-order valence-electron chi connectivity index (χ3n) is 4.24. The molecular formula is C13H25N3O. The lowest BCUT2D eigenvalue weighted by molar-refractivity contribution is 0.140. The van der Waals surface area contributed by atoms with Crippen LogP contribution in [0.3, 0.4) is 0 Å². The second-order valence-corrected chi connectivity index (χ2v) is 6.09. The van der Waals surface area contributed by atoms with Crippen LogP contribution in [0.2, 0.25) is 0 Å². The first-order valence-corrected chi connectivity index (χ1v) is 6.84. The van der Waals surface area contributed by atoms with E-state index >= 15 is 0 Å². The Labute approximate surface area is 104 Å². The molecule has 0 aromatic rings. The summed E-state index contributed by atoms with van der Waals surface area (Å²) < 4.78 is 0. The predicted octanol–water partition coefficient (Wildman–Crippen LogP) is 1.31. The number of hydrogen-bond acceptors (Lipinski definition) is 2. The van der Waals surface area contributed by atoms with Crippen molar-refractivity contribution >= 4 is 6.03 Å². The van der Waals surface area contributed by atoms with Gasteiger partial charge in [0.05, 0.1) is 0 Å². The molecule has 0 spiro atoms. The molecule has 4 heteroatoms. The molecule has 2 amide bonds. The lowest BCUT2D eigenvalue weighted by atomic mass is 9.71. The lowest BCUT2D eigenvalue weighted by Gasteiger charge is -2.40. The highest BCUT2D eigenvalue weighted by Gasteiger charge is 2.47. The fraction of sp³-hybridized carbons (Fsp3) is 0.923. The van der Waals surface area contributed by atoms with Gasteiger partial charge < -0.3 is 16.4 Å². The van der Waals surface area contributed by atoms with E-state index in [0.29, 0.717) is 23.8 Å². The van der Waals surface area contributed by atoms with Gasteiger partial charge in [-0.3, -0.25) is 0 Å². The van der Waals surface area contributed by atoms with Gasteiger partial charge in [-0.05, 0) is 49.5 Å². The third-order valence-corrected chi connectivity index (χ3v) is 4.24. The number of carbonyl (C=O) groups excluding carboxylic acids is 1. The molecule has 98 valence electrons. The van der Waals surface area contributed by atoms with Crippen LogP contribution in [0, 0.1) is 23.7 Å². The van der Waals surface area contributed by atoms with Crippen molar-refractivity contribution in [1.29, 1.82) is 0 Å². The fourth-order valence-electron chi connectivity index (χ4n) is 3.22. The Kier molecular flexibility index (Phi) is 3.92. The number of carbonyl (C=O) groups is 1. The molecular weight excluding hydrogens is 214 g/mol. The average molecular weight is 239 g/mol. The van der Waals surface area contributed by atoms with Crippen LogP contribution in [0.15, 0.2) is 0 Å². The van der Waals surface area contributed by atoms with Crippen LogP contribution in [0.4, 0.5) is 4.79 Å². The Hall–Kier alpha value is -0.770. The third kappa shape index (κ3) is 2.92. The summed E-state index contributed by atoms with van der Waals surface area (Å²) in [5, 5.41) is 6.01. The first-order valence-electron chi connectivity index (χ1n) is 6.84. The molecule has 2 aliphatic carbocycles. The molecule has 2 rings (SSSR count). The zero-order valence-electron chi connectivity index (χ0n) is 10.9. The van der Waals surface area contributed by atoms with Crippen molar-refractivity contribution in [3.05, 3.63) is 0 Å². The van der Waals surface area contributed by atoms with Gasteiger partial charge in [-0.1, -0.05) is 13.8 Å². The largest absolute Gasteiger partial charge is 0.338 e. The second kappa shape index (κ2) is 5.25. The zero-order chi connectivity index (χ0) is 12.4. The molecule has 17 heavy (non-hydrogen) atoms. The zero-order valence-corrected chi connectivity index (χ0v) is 10.9. The number of nitrogens with two attached hydrogens (primary N) is 1. The first kappa shape index (κ1) is 12.7. The number of urea groups is 1. The predicted molar refractivity (Wildman–Crippen MR) is 68.5 cm³/mol. The van der Waals surface area contributed by atoms with Crippen molar-refractivity contribution in [1.82, 2.24) is 10.6 Å². The summed E-state index contributed by atoms with van der Waals surface area (Å²) in [6, 6.07) is 0.391. The highest BCUT2D eigenvalue weighted by atomic mass is 16.2. The van der Waals surface area contributed by atoms with Crippen LogP contribution < -0.4 is 16.4 Å². The number of fused-ring (bicyclic) bond motifs is 1. The van der Waals surface area contributed by atoms with Gasteiger partial charge in [0, 0.05) is 12.6 Å². The van der Waals surface area contributed by atoms with Gasteiger partial charge in [-0.15, -0.1) is 0 Å². The van der Waals surface area contributed by atoms with E-state index in [4.69, 9.17) is 5.73 Å². The maximum absolute atomic E-state index is 11.6. The Morgan fingerprint density at radius 1 is 1.35 bits per heavy atom. The number of hydrogen-bond donors (Lipinski definition) is 3. The van der Waals surface area contributed by atoms with E-state index in [0.717, 1.165) is 25.4 Å². The smallest absolute Gasteiger partial charge is 0.315 e. The van der Waals surface area contributed by atoms with Gasteiger partial charge in [0.15, 0.2) is 0 Å². The quantitative estimate of drug-likeness (QED) is 0.692. The summed E-state index contributed by atoms with van der Waals surface area (Å²) >= 11 is 0. The Morgan fingerprint density at radius 2 is 2.12 bits per heavy atom. The van der Waals surface area contributed by atoms with Crippen LogP contribution in [-0.4, -0.2) is 25.2 Å². The SMILES string of the molecule is CC(C)CNC(=O)NC1CC2CC(CN)CC21. The summed E-state index contributed by atoms with van der Waals surface area (Å²) in [5.41, 5.74) is 5.71. The highest BCUT2D eigenvalue weighted by Crippen LogP contribution is 2.49. The molecule has 2 saturated carbocycles. The highest BCUT2D eigenvalue weighted by molar-refractivity contribution is 5.74. The molecule has 4 nitrogen and oxygen atoms in total. The fourth-order valence-corrected chi connectivity index (χ4v) is 3.22. The maximum Gasteiger partial charge on any atom is 0.315 e. The van der Waals surface area contributed by atoms with Crippen molar-refractivity contribution in [3.63, 3.8) is 0 Å².